The second kappa shape index (κ2) is 4.37. The highest BCUT2D eigenvalue weighted by molar-refractivity contribution is 5.86. The number of carbonyl (C=O) groups is 1. The maximum Gasteiger partial charge on any atom is 0.242 e. The number of nitrogens with one attached hydrogen (secondary N) is 1. The molecule has 1 aromatic carbocycles. The van der Waals surface area contributed by atoms with Gasteiger partial charge in [0.25, 0.3) is 0 Å². The molecule has 0 bridgehead atoms. The van der Waals surface area contributed by atoms with Gasteiger partial charge in [-0.3, -0.25) is 4.79 Å². The predicted molar refractivity (Wildman–Crippen MR) is 65.6 cm³/mol. The van der Waals surface area contributed by atoms with Gasteiger partial charge in [0.2, 0.25) is 5.91 Å². The fourth-order valence-electron chi connectivity index (χ4n) is 2.05. The summed E-state index contributed by atoms with van der Waals surface area (Å²) in [5.74, 6) is 0.373. The Balaban J connectivity index is 2.08. The molecule has 1 amide bonds. The molecule has 92 valence electrons. The molecule has 0 atom stereocenters. The normalized spacial score (nSPS) is 19.4. The van der Waals surface area contributed by atoms with Gasteiger partial charge in [0.1, 0.15) is 5.75 Å². The van der Waals surface area contributed by atoms with Gasteiger partial charge in [-0.15, -0.1) is 0 Å². The minimum absolute atomic E-state index is 0.122. The molecule has 1 aliphatic heterocycles. The van der Waals surface area contributed by atoms with Crippen LogP contribution in [0, 0.1) is 0 Å². The third kappa shape index (κ3) is 2.58. The zero-order valence-electron chi connectivity index (χ0n) is 10.2. The largest absolute Gasteiger partial charge is 0.508 e. The summed E-state index contributed by atoms with van der Waals surface area (Å²) < 4.78 is 0. The van der Waals surface area contributed by atoms with E-state index in [1.54, 1.807) is 12.1 Å². The van der Waals surface area contributed by atoms with Crippen molar-refractivity contribution in [1.29, 1.82) is 0 Å². The van der Waals surface area contributed by atoms with Gasteiger partial charge >= 0.3 is 0 Å². The van der Waals surface area contributed by atoms with Crippen molar-refractivity contribution in [2.45, 2.75) is 25.9 Å². The van der Waals surface area contributed by atoms with Crippen molar-refractivity contribution < 1.29 is 9.90 Å². The number of phenolic OH excluding ortho intramolecular Hbond substituents is 1. The van der Waals surface area contributed by atoms with E-state index in [4.69, 9.17) is 0 Å². The summed E-state index contributed by atoms with van der Waals surface area (Å²) in [4.78, 5) is 14.0. The monoisotopic (exact) mass is 234 g/mol. The fourth-order valence-corrected chi connectivity index (χ4v) is 2.05. The summed E-state index contributed by atoms with van der Waals surface area (Å²) in [6.45, 7) is 5.95. The zero-order chi connectivity index (χ0) is 12.5. The third-order valence-corrected chi connectivity index (χ3v) is 3.08. The number of hydrogen-bond donors (Lipinski definition) is 2. The first-order valence-electron chi connectivity index (χ1n) is 5.81. The number of benzene rings is 1. The molecule has 1 heterocycles. The predicted octanol–water partition coefficient (Wildman–Crippen LogP) is 1.10. The van der Waals surface area contributed by atoms with Crippen molar-refractivity contribution in [3.63, 3.8) is 0 Å². The highest BCUT2D eigenvalue weighted by atomic mass is 16.3. The number of piperazine rings is 1. The summed E-state index contributed by atoms with van der Waals surface area (Å²) in [6.07, 6.45) is 0. The van der Waals surface area contributed by atoms with Crippen LogP contribution in [-0.2, 0) is 11.3 Å². The Morgan fingerprint density at radius 2 is 2.00 bits per heavy atom. The lowest BCUT2D eigenvalue weighted by Crippen LogP contribution is -2.60. The summed E-state index contributed by atoms with van der Waals surface area (Å²) in [7, 11) is 0. The Labute approximate surface area is 101 Å². The van der Waals surface area contributed by atoms with E-state index in [2.05, 4.69) is 5.32 Å². The smallest absolute Gasteiger partial charge is 0.242 e. The van der Waals surface area contributed by atoms with Gasteiger partial charge in [0.15, 0.2) is 0 Å². The van der Waals surface area contributed by atoms with Gasteiger partial charge in [-0.05, 0) is 31.5 Å². The van der Waals surface area contributed by atoms with Gasteiger partial charge in [0, 0.05) is 19.6 Å². The van der Waals surface area contributed by atoms with Gasteiger partial charge < -0.3 is 15.3 Å². The highest BCUT2D eigenvalue weighted by Crippen LogP contribution is 2.17. The molecular formula is C13H18N2O2. The molecule has 17 heavy (non-hydrogen) atoms. The number of phenols is 1. The average Bonchev–Trinajstić information content (AvgIpc) is 2.28. The maximum atomic E-state index is 12.1. The van der Waals surface area contributed by atoms with Crippen LogP contribution in [-0.4, -0.2) is 34.5 Å². The topological polar surface area (TPSA) is 52.6 Å². The first-order chi connectivity index (χ1) is 7.99. The van der Waals surface area contributed by atoms with E-state index in [1.807, 2.05) is 30.9 Å². The lowest BCUT2D eigenvalue weighted by Gasteiger charge is -2.38. The van der Waals surface area contributed by atoms with E-state index in [-0.39, 0.29) is 11.7 Å². The van der Waals surface area contributed by atoms with E-state index in [1.165, 1.54) is 0 Å². The van der Waals surface area contributed by atoms with E-state index >= 15 is 0 Å². The molecule has 1 aromatic rings. The average molecular weight is 234 g/mol. The Morgan fingerprint density at radius 3 is 2.65 bits per heavy atom. The molecule has 0 aromatic heterocycles. The van der Waals surface area contributed by atoms with Crippen LogP contribution < -0.4 is 5.32 Å². The van der Waals surface area contributed by atoms with Gasteiger partial charge in [-0.25, -0.2) is 0 Å². The van der Waals surface area contributed by atoms with Gasteiger partial charge in [0.05, 0.1) is 5.54 Å². The van der Waals surface area contributed by atoms with Crippen LogP contribution in [0.25, 0.3) is 0 Å². The van der Waals surface area contributed by atoms with Gasteiger partial charge in [-0.2, -0.15) is 0 Å². The number of nitrogens with zero attached hydrogens (tertiary/aromatic N) is 1. The zero-order valence-corrected chi connectivity index (χ0v) is 10.2. The lowest BCUT2D eigenvalue weighted by molar-refractivity contribution is -0.140. The molecule has 2 N–H and O–H groups in total. The molecule has 0 spiro atoms. The SMILES string of the molecule is CC1(C)NCCN(Cc2ccc(O)cc2)C1=O. The van der Waals surface area contributed by atoms with Crippen molar-refractivity contribution >= 4 is 5.91 Å². The molecular weight excluding hydrogens is 216 g/mol. The Morgan fingerprint density at radius 1 is 1.35 bits per heavy atom. The summed E-state index contributed by atoms with van der Waals surface area (Å²) in [6, 6.07) is 6.98. The van der Waals surface area contributed by atoms with E-state index in [9.17, 15) is 9.90 Å². The number of carbonyl (C=O) groups excluding carboxylic acids is 1. The van der Waals surface area contributed by atoms with Crippen molar-refractivity contribution in [1.82, 2.24) is 10.2 Å². The Hall–Kier alpha value is -1.55. The van der Waals surface area contributed by atoms with E-state index in [0.717, 1.165) is 18.7 Å². The van der Waals surface area contributed by atoms with Crippen LogP contribution in [0.3, 0.4) is 0 Å². The van der Waals surface area contributed by atoms with Crippen molar-refractivity contribution in [3.8, 4) is 5.75 Å². The van der Waals surface area contributed by atoms with Gasteiger partial charge in [-0.1, -0.05) is 12.1 Å². The summed E-state index contributed by atoms with van der Waals surface area (Å²) in [5, 5.41) is 12.4. The Kier molecular flexibility index (Phi) is 3.07. The molecule has 4 heteroatoms. The van der Waals surface area contributed by atoms with Crippen molar-refractivity contribution in [3.05, 3.63) is 29.8 Å². The molecule has 4 nitrogen and oxygen atoms in total. The number of aromatic hydroxyl groups is 1. The molecule has 0 saturated carbocycles. The number of amides is 1. The van der Waals surface area contributed by atoms with Crippen LogP contribution in [0.5, 0.6) is 5.75 Å². The van der Waals surface area contributed by atoms with Crippen LogP contribution in [0.1, 0.15) is 19.4 Å². The highest BCUT2D eigenvalue weighted by Gasteiger charge is 2.34. The standard InChI is InChI=1S/C13H18N2O2/c1-13(2)12(17)15(8-7-14-13)9-10-3-5-11(16)6-4-10/h3-6,14,16H,7-9H2,1-2H3. The van der Waals surface area contributed by atoms with E-state index in [0.29, 0.717) is 6.54 Å². The second-order valence-corrected chi connectivity index (χ2v) is 4.94. The van der Waals surface area contributed by atoms with E-state index < -0.39 is 5.54 Å². The van der Waals surface area contributed by atoms with Crippen LogP contribution in [0.15, 0.2) is 24.3 Å². The Bertz CT molecular complexity index is 412. The number of hydrogen-bond acceptors (Lipinski definition) is 3. The minimum Gasteiger partial charge on any atom is -0.508 e. The van der Waals surface area contributed by atoms with Crippen molar-refractivity contribution in [2.24, 2.45) is 0 Å². The van der Waals surface area contributed by atoms with Crippen LogP contribution in [0.2, 0.25) is 0 Å². The summed E-state index contributed by atoms with van der Waals surface area (Å²) in [5.41, 5.74) is 0.559. The molecule has 1 fully saturated rings. The second-order valence-electron chi connectivity index (χ2n) is 4.94. The number of rotatable bonds is 2. The fraction of sp³-hybridized carbons (Fsp3) is 0.462. The third-order valence-electron chi connectivity index (χ3n) is 3.08. The molecule has 1 saturated heterocycles. The first-order valence-corrected chi connectivity index (χ1v) is 5.81. The lowest BCUT2D eigenvalue weighted by atomic mass is 10.0. The minimum atomic E-state index is -0.477. The maximum absolute atomic E-state index is 12.1. The first kappa shape index (κ1) is 11.9. The molecule has 0 aliphatic carbocycles. The molecule has 0 radical (unpaired) electrons. The molecule has 2 rings (SSSR count). The quantitative estimate of drug-likeness (QED) is 0.805. The summed E-state index contributed by atoms with van der Waals surface area (Å²) >= 11 is 0. The molecule has 0 unspecified atom stereocenters. The van der Waals surface area contributed by atoms with Crippen molar-refractivity contribution in [2.75, 3.05) is 13.1 Å². The van der Waals surface area contributed by atoms with Crippen LogP contribution in [0.4, 0.5) is 0 Å². The van der Waals surface area contributed by atoms with Crippen LogP contribution >= 0.6 is 0 Å². The molecule has 1 aliphatic rings.